The van der Waals surface area contributed by atoms with Gasteiger partial charge in [-0.2, -0.15) is 0 Å². The van der Waals surface area contributed by atoms with Crippen LogP contribution in [0.4, 0.5) is 11.4 Å². The van der Waals surface area contributed by atoms with E-state index >= 15 is 0 Å². The zero-order chi connectivity index (χ0) is 23.3. The molecule has 32 heavy (non-hydrogen) atoms. The van der Waals surface area contributed by atoms with Crippen LogP contribution in [0.2, 0.25) is 10.0 Å². The van der Waals surface area contributed by atoms with Crippen molar-refractivity contribution in [2.75, 3.05) is 11.1 Å². The fourth-order valence-corrected chi connectivity index (χ4v) is 4.95. The fraction of sp³-hybridized carbons (Fsp3) is 0.250. The molecule has 168 valence electrons. The van der Waals surface area contributed by atoms with E-state index in [1.165, 1.54) is 23.9 Å². The summed E-state index contributed by atoms with van der Waals surface area (Å²) in [5.41, 5.74) is 2.08. The minimum absolute atomic E-state index is 0.0751. The molecule has 1 aromatic heterocycles. The Bertz CT molecular complexity index is 1160. The van der Waals surface area contributed by atoms with Gasteiger partial charge in [-0.05, 0) is 30.2 Å². The number of non-ortho nitro benzene ring substituents is 1. The van der Waals surface area contributed by atoms with E-state index in [2.05, 4.69) is 15.5 Å². The summed E-state index contributed by atoms with van der Waals surface area (Å²) in [4.78, 5) is 22.8. The van der Waals surface area contributed by atoms with E-state index in [0.717, 1.165) is 17.0 Å². The summed E-state index contributed by atoms with van der Waals surface area (Å²) in [5.74, 6) is 1.92. The number of rotatable bonds is 9. The summed E-state index contributed by atoms with van der Waals surface area (Å²) in [6, 6.07) is 9.78. The second-order valence-electron chi connectivity index (χ2n) is 6.78. The van der Waals surface area contributed by atoms with Gasteiger partial charge in [0.15, 0.2) is 5.16 Å². The minimum Gasteiger partial charge on any atom is -0.325 e. The van der Waals surface area contributed by atoms with Gasteiger partial charge < -0.3 is 9.88 Å². The van der Waals surface area contributed by atoms with Gasteiger partial charge in [0.25, 0.3) is 5.69 Å². The lowest BCUT2D eigenvalue weighted by Gasteiger charge is -2.08. The third-order valence-corrected chi connectivity index (χ3v) is 7.05. The Morgan fingerprint density at radius 3 is 2.69 bits per heavy atom. The number of nitro benzene ring substituents is 1. The molecule has 0 radical (unpaired) electrons. The molecule has 3 aromatic rings. The highest BCUT2D eigenvalue weighted by Gasteiger charge is 2.14. The largest absolute Gasteiger partial charge is 0.325 e. The van der Waals surface area contributed by atoms with Gasteiger partial charge in [-0.1, -0.05) is 47.1 Å². The van der Waals surface area contributed by atoms with Crippen LogP contribution in [-0.2, 0) is 23.3 Å². The lowest BCUT2D eigenvalue weighted by atomic mass is 10.2. The number of hydrogen-bond acceptors (Lipinski definition) is 7. The molecule has 0 saturated heterocycles. The van der Waals surface area contributed by atoms with Crippen molar-refractivity contribution in [1.82, 2.24) is 14.8 Å². The van der Waals surface area contributed by atoms with Crippen LogP contribution < -0.4 is 5.32 Å². The average molecular weight is 512 g/mol. The van der Waals surface area contributed by atoms with Crippen molar-refractivity contribution in [3.63, 3.8) is 0 Å². The smallest absolute Gasteiger partial charge is 0.271 e. The third kappa shape index (κ3) is 6.38. The fourth-order valence-electron chi connectivity index (χ4n) is 2.66. The van der Waals surface area contributed by atoms with Crippen molar-refractivity contribution >= 4 is 64.0 Å². The number of carbonyl (C=O) groups excluding carboxylic acids is 1. The Balaban J connectivity index is 1.52. The highest BCUT2D eigenvalue weighted by Crippen LogP contribution is 2.27. The van der Waals surface area contributed by atoms with Gasteiger partial charge >= 0.3 is 0 Å². The summed E-state index contributed by atoms with van der Waals surface area (Å²) >= 11 is 15.0. The molecule has 0 bridgehead atoms. The maximum Gasteiger partial charge on any atom is 0.271 e. The van der Waals surface area contributed by atoms with E-state index in [1.54, 1.807) is 36.9 Å². The summed E-state index contributed by atoms with van der Waals surface area (Å²) in [5, 5.41) is 23.9. The predicted molar refractivity (Wildman–Crippen MR) is 130 cm³/mol. The van der Waals surface area contributed by atoms with Gasteiger partial charge in [0, 0.05) is 35.0 Å². The Morgan fingerprint density at radius 1 is 1.19 bits per heavy atom. The number of aromatic nitrogens is 3. The summed E-state index contributed by atoms with van der Waals surface area (Å²) in [6.07, 6.45) is 0. The van der Waals surface area contributed by atoms with Crippen LogP contribution in [0.3, 0.4) is 0 Å². The summed E-state index contributed by atoms with van der Waals surface area (Å²) in [6.45, 7) is 1.77. The topological polar surface area (TPSA) is 103 Å². The first kappa shape index (κ1) is 24.4. The number of nitrogens with one attached hydrogen (secondary N) is 1. The zero-order valence-corrected chi connectivity index (χ0v) is 20.3. The molecule has 3 rings (SSSR count). The van der Waals surface area contributed by atoms with E-state index in [0.29, 0.717) is 32.4 Å². The van der Waals surface area contributed by atoms with E-state index in [-0.39, 0.29) is 17.3 Å². The molecule has 12 heteroatoms. The van der Waals surface area contributed by atoms with Crippen molar-refractivity contribution in [2.45, 2.75) is 23.6 Å². The highest BCUT2D eigenvalue weighted by molar-refractivity contribution is 7.99. The zero-order valence-electron chi connectivity index (χ0n) is 17.2. The van der Waals surface area contributed by atoms with Crippen LogP contribution >= 0.6 is 46.7 Å². The normalized spacial score (nSPS) is 10.9. The molecule has 1 heterocycles. The lowest BCUT2D eigenvalue weighted by molar-refractivity contribution is -0.384. The number of thioether (sulfide) groups is 2. The average Bonchev–Trinajstić information content (AvgIpc) is 3.09. The van der Waals surface area contributed by atoms with Gasteiger partial charge in [-0.15, -0.1) is 22.0 Å². The van der Waals surface area contributed by atoms with Crippen molar-refractivity contribution in [1.29, 1.82) is 0 Å². The highest BCUT2D eigenvalue weighted by atomic mass is 35.5. The predicted octanol–water partition coefficient (Wildman–Crippen LogP) is 5.50. The Morgan fingerprint density at radius 2 is 1.97 bits per heavy atom. The van der Waals surface area contributed by atoms with Crippen LogP contribution in [0.15, 0.2) is 41.6 Å². The number of nitrogens with zero attached hydrogens (tertiary/aromatic N) is 4. The standard InChI is InChI=1S/C20H19Cl2N5O3S2/c1-12-3-6-15(27(29)30)8-17(12)23-19(28)11-32-20-25-24-18(26(20)2)10-31-9-13-4-5-14(21)7-16(13)22/h3-8H,9-11H2,1-2H3,(H,23,28). The Hall–Kier alpha value is -2.27. The molecule has 0 fully saturated rings. The summed E-state index contributed by atoms with van der Waals surface area (Å²) < 4.78 is 1.84. The molecular formula is C20H19Cl2N5O3S2. The maximum absolute atomic E-state index is 12.3. The molecular weight excluding hydrogens is 493 g/mol. The van der Waals surface area contributed by atoms with Crippen LogP contribution in [0.25, 0.3) is 0 Å². The first-order chi connectivity index (χ1) is 15.2. The van der Waals surface area contributed by atoms with Crippen molar-refractivity contribution < 1.29 is 9.72 Å². The van der Waals surface area contributed by atoms with E-state index < -0.39 is 4.92 Å². The Labute approximate surface area is 203 Å². The molecule has 0 atom stereocenters. The van der Waals surface area contributed by atoms with Crippen LogP contribution in [0.5, 0.6) is 0 Å². The molecule has 2 aromatic carbocycles. The van der Waals surface area contributed by atoms with E-state index in [4.69, 9.17) is 23.2 Å². The van der Waals surface area contributed by atoms with Gasteiger partial charge in [-0.25, -0.2) is 0 Å². The van der Waals surface area contributed by atoms with Gasteiger partial charge in [0.05, 0.1) is 22.1 Å². The van der Waals surface area contributed by atoms with Crippen LogP contribution in [0, 0.1) is 17.0 Å². The lowest BCUT2D eigenvalue weighted by Crippen LogP contribution is -2.15. The summed E-state index contributed by atoms with van der Waals surface area (Å²) in [7, 11) is 1.84. The van der Waals surface area contributed by atoms with Crippen molar-refractivity contribution in [3.05, 3.63) is 73.5 Å². The molecule has 1 N–H and O–H groups in total. The molecule has 1 amide bonds. The van der Waals surface area contributed by atoms with Crippen molar-refractivity contribution in [2.24, 2.45) is 7.05 Å². The number of nitro groups is 1. The minimum atomic E-state index is -0.496. The van der Waals surface area contributed by atoms with Crippen LogP contribution in [0.1, 0.15) is 17.0 Å². The van der Waals surface area contributed by atoms with Gasteiger partial charge in [0.2, 0.25) is 5.91 Å². The number of aryl methyl sites for hydroxylation is 1. The molecule has 0 aliphatic heterocycles. The first-order valence-electron chi connectivity index (χ1n) is 9.32. The third-order valence-electron chi connectivity index (χ3n) is 4.47. The molecule has 0 spiro atoms. The molecule has 0 aliphatic carbocycles. The quantitative estimate of drug-likeness (QED) is 0.229. The second kappa shape index (κ2) is 11.0. The number of halogens is 2. The van der Waals surface area contributed by atoms with Crippen molar-refractivity contribution in [3.8, 4) is 0 Å². The van der Waals surface area contributed by atoms with E-state index in [1.807, 2.05) is 17.7 Å². The molecule has 0 saturated carbocycles. The number of amides is 1. The monoisotopic (exact) mass is 511 g/mol. The van der Waals surface area contributed by atoms with E-state index in [9.17, 15) is 14.9 Å². The Kier molecular flexibility index (Phi) is 8.41. The van der Waals surface area contributed by atoms with Gasteiger partial charge in [-0.3, -0.25) is 14.9 Å². The SMILES string of the molecule is Cc1ccc([N+](=O)[O-])cc1NC(=O)CSc1nnc(CSCc2ccc(Cl)cc2Cl)n1C. The molecule has 8 nitrogen and oxygen atoms in total. The number of anilines is 1. The first-order valence-corrected chi connectivity index (χ1v) is 12.2. The van der Waals surface area contributed by atoms with Gasteiger partial charge in [0.1, 0.15) is 5.82 Å². The second-order valence-corrected chi connectivity index (χ2v) is 9.55. The number of benzene rings is 2. The van der Waals surface area contributed by atoms with Crippen LogP contribution in [-0.4, -0.2) is 31.3 Å². The molecule has 0 unspecified atom stereocenters. The maximum atomic E-state index is 12.3. The number of carbonyl (C=O) groups is 1. The molecule has 0 aliphatic rings. The number of hydrogen-bond donors (Lipinski definition) is 1.